The van der Waals surface area contributed by atoms with Crippen LogP contribution in [0.1, 0.15) is 29.4 Å². The third-order valence-electron chi connectivity index (χ3n) is 3.34. The Morgan fingerprint density at radius 2 is 2.33 bits per heavy atom. The van der Waals surface area contributed by atoms with Crippen molar-refractivity contribution in [2.45, 2.75) is 25.8 Å². The van der Waals surface area contributed by atoms with Crippen molar-refractivity contribution in [3.05, 3.63) is 17.1 Å². The number of nitrogen functional groups attached to an aromatic ring is 1. The van der Waals surface area contributed by atoms with Crippen LogP contribution in [0.5, 0.6) is 0 Å². The number of carbonyl (C=O) groups excluding carboxylic acids is 1. The number of fused-ring (bicyclic) bond motifs is 1. The van der Waals surface area contributed by atoms with Crippen molar-refractivity contribution in [1.29, 1.82) is 0 Å². The van der Waals surface area contributed by atoms with E-state index in [0.29, 0.717) is 27.4 Å². The van der Waals surface area contributed by atoms with Crippen molar-refractivity contribution >= 4 is 33.1 Å². The zero-order valence-corrected chi connectivity index (χ0v) is 10.8. The Bertz CT molecular complexity index is 603. The van der Waals surface area contributed by atoms with Crippen LogP contribution in [0.25, 0.3) is 10.2 Å². The molecule has 94 valence electrons. The number of hydrogen-bond donors (Lipinski definition) is 2. The Balaban J connectivity index is 1.85. The molecule has 0 aromatic carbocycles. The molecule has 2 aromatic heterocycles. The molecule has 0 spiro atoms. The number of aromatic nitrogens is 2. The first-order valence-electron chi connectivity index (χ1n) is 5.95. The average molecular weight is 262 g/mol. The van der Waals surface area contributed by atoms with Gasteiger partial charge in [0.1, 0.15) is 9.71 Å². The largest absolute Gasteiger partial charge is 0.397 e. The molecule has 5 nitrogen and oxygen atoms in total. The smallest absolute Gasteiger partial charge is 0.263 e. The fraction of sp³-hybridized carbons (Fsp3) is 0.417. The van der Waals surface area contributed by atoms with Gasteiger partial charge in [-0.25, -0.2) is 0 Å². The van der Waals surface area contributed by atoms with E-state index < -0.39 is 0 Å². The Morgan fingerprint density at radius 1 is 1.56 bits per heavy atom. The summed E-state index contributed by atoms with van der Waals surface area (Å²) in [7, 11) is 0. The molecule has 0 saturated heterocycles. The van der Waals surface area contributed by atoms with Gasteiger partial charge in [-0.3, -0.25) is 4.79 Å². The van der Waals surface area contributed by atoms with E-state index in [1.165, 1.54) is 11.3 Å². The first-order chi connectivity index (χ1) is 8.65. The van der Waals surface area contributed by atoms with Gasteiger partial charge >= 0.3 is 0 Å². The van der Waals surface area contributed by atoms with Crippen molar-refractivity contribution in [2.24, 2.45) is 5.92 Å². The van der Waals surface area contributed by atoms with Gasteiger partial charge in [-0.15, -0.1) is 16.4 Å². The fourth-order valence-corrected chi connectivity index (χ4v) is 3.25. The Kier molecular flexibility index (Phi) is 2.66. The molecular weight excluding hydrogens is 248 g/mol. The highest BCUT2D eigenvalue weighted by Gasteiger charge is 2.28. The maximum Gasteiger partial charge on any atom is 0.263 e. The van der Waals surface area contributed by atoms with E-state index >= 15 is 0 Å². The van der Waals surface area contributed by atoms with Crippen LogP contribution in [0, 0.1) is 5.92 Å². The molecule has 1 aliphatic rings. The number of amides is 1. The van der Waals surface area contributed by atoms with E-state index in [2.05, 4.69) is 22.4 Å². The van der Waals surface area contributed by atoms with Crippen molar-refractivity contribution < 1.29 is 4.79 Å². The lowest BCUT2D eigenvalue weighted by molar-refractivity contribution is 0.0901. The fourth-order valence-electron chi connectivity index (χ4n) is 2.31. The van der Waals surface area contributed by atoms with Crippen LogP contribution in [0.15, 0.2) is 12.3 Å². The van der Waals surface area contributed by atoms with E-state index in [1.54, 1.807) is 12.3 Å². The summed E-state index contributed by atoms with van der Waals surface area (Å²) in [6.45, 7) is 2.19. The quantitative estimate of drug-likeness (QED) is 0.864. The van der Waals surface area contributed by atoms with Crippen LogP contribution in [-0.4, -0.2) is 22.1 Å². The van der Waals surface area contributed by atoms with Gasteiger partial charge in [-0.2, -0.15) is 5.10 Å². The third kappa shape index (κ3) is 1.82. The topological polar surface area (TPSA) is 80.9 Å². The Labute approximate surface area is 108 Å². The maximum atomic E-state index is 12.1. The second-order valence-corrected chi connectivity index (χ2v) is 5.84. The van der Waals surface area contributed by atoms with Crippen LogP contribution < -0.4 is 11.1 Å². The monoisotopic (exact) mass is 262 g/mol. The van der Waals surface area contributed by atoms with Crippen LogP contribution in [0.2, 0.25) is 0 Å². The molecule has 2 aromatic rings. The number of carbonyl (C=O) groups is 1. The molecule has 1 aliphatic carbocycles. The van der Waals surface area contributed by atoms with Gasteiger partial charge < -0.3 is 11.1 Å². The zero-order valence-electron chi connectivity index (χ0n) is 10.0. The normalized spacial score (nSPS) is 22.7. The summed E-state index contributed by atoms with van der Waals surface area (Å²) in [5, 5.41) is 11.6. The van der Waals surface area contributed by atoms with Crippen LogP contribution in [0.3, 0.4) is 0 Å². The minimum absolute atomic E-state index is 0.0904. The molecule has 0 atom stereocenters. The standard InChI is InChI=1S/C12H14N4OS/c1-6-4-7(5-6)15-11(17)10-9(13)8-2-3-14-16-12(8)18-10/h2-3,6-7H,4-5,13H2,1H3,(H,15,17). The molecule has 0 radical (unpaired) electrons. The summed E-state index contributed by atoms with van der Waals surface area (Å²) in [5.74, 6) is 0.619. The molecule has 18 heavy (non-hydrogen) atoms. The first-order valence-corrected chi connectivity index (χ1v) is 6.77. The van der Waals surface area contributed by atoms with E-state index in [0.717, 1.165) is 18.2 Å². The molecule has 3 N–H and O–H groups in total. The number of nitrogens with zero attached hydrogens (tertiary/aromatic N) is 2. The van der Waals surface area contributed by atoms with E-state index in [1.807, 2.05) is 0 Å². The highest BCUT2D eigenvalue weighted by molar-refractivity contribution is 7.21. The molecule has 3 rings (SSSR count). The number of nitrogens with two attached hydrogens (primary N) is 1. The van der Waals surface area contributed by atoms with Crippen LogP contribution in [0.4, 0.5) is 5.69 Å². The lowest BCUT2D eigenvalue weighted by atomic mass is 9.82. The van der Waals surface area contributed by atoms with Crippen molar-refractivity contribution in [2.75, 3.05) is 5.73 Å². The van der Waals surface area contributed by atoms with Gasteiger partial charge in [0.15, 0.2) is 0 Å². The highest BCUT2D eigenvalue weighted by atomic mass is 32.1. The molecule has 1 saturated carbocycles. The number of nitrogens with one attached hydrogen (secondary N) is 1. The lowest BCUT2D eigenvalue weighted by Crippen LogP contribution is -2.43. The lowest BCUT2D eigenvalue weighted by Gasteiger charge is -2.33. The molecule has 1 amide bonds. The summed E-state index contributed by atoms with van der Waals surface area (Å²) in [4.78, 5) is 13.4. The predicted molar refractivity (Wildman–Crippen MR) is 71.5 cm³/mol. The first kappa shape index (κ1) is 11.4. The van der Waals surface area contributed by atoms with Gasteiger partial charge in [0.25, 0.3) is 5.91 Å². The Morgan fingerprint density at radius 3 is 3.00 bits per heavy atom. The SMILES string of the molecule is CC1CC(NC(=O)c2sc3nnccc3c2N)C1. The number of rotatable bonds is 2. The summed E-state index contributed by atoms with van der Waals surface area (Å²) in [6.07, 6.45) is 3.69. The van der Waals surface area contributed by atoms with Gasteiger partial charge in [-0.1, -0.05) is 6.92 Å². The molecule has 1 fully saturated rings. The third-order valence-corrected chi connectivity index (χ3v) is 4.44. The van der Waals surface area contributed by atoms with E-state index in [9.17, 15) is 4.79 Å². The van der Waals surface area contributed by atoms with Gasteiger partial charge in [0.05, 0.1) is 11.9 Å². The molecule has 0 aliphatic heterocycles. The maximum absolute atomic E-state index is 12.1. The van der Waals surface area contributed by atoms with Crippen molar-refractivity contribution in [1.82, 2.24) is 15.5 Å². The highest BCUT2D eigenvalue weighted by Crippen LogP contribution is 2.32. The average Bonchev–Trinajstić information content (AvgIpc) is 2.66. The number of hydrogen-bond acceptors (Lipinski definition) is 5. The van der Waals surface area contributed by atoms with Crippen LogP contribution >= 0.6 is 11.3 Å². The van der Waals surface area contributed by atoms with E-state index in [4.69, 9.17) is 5.73 Å². The second kappa shape index (κ2) is 4.20. The summed E-state index contributed by atoms with van der Waals surface area (Å²) in [5.41, 5.74) is 6.49. The zero-order chi connectivity index (χ0) is 12.7. The molecule has 6 heteroatoms. The summed E-state index contributed by atoms with van der Waals surface area (Å²) < 4.78 is 0. The number of thiophene rings is 1. The predicted octanol–water partition coefficient (Wildman–Crippen LogP) is 1.80. The van der Waals surface area contributed by atoms with Crippen molar-refractivity contribution in [3.63, 3.8) is 0 Å². The summed E-state index contributed by atoms with van der Waals surface area (Å²) >= 11 is 1.30. The molecule has 0 bridgehead atoms. The second-order valence-electron chi connectivity index (χ2n) is 4.84. The minimum Gasteiger partial charge on any atom is -0.397 e. The van der Waals surface area contributed by atoms with E-state index in [-0.39, 0.29) is 5.91 Å². The van der Waals surface area contributed by atoms with Gasteiger partial charge in [0, 0.05) is 11.4 Å². The molecule has 2 heterocycles. The van der Waals surface area contributed by atoms with Crippen molar-refractivity contribution in [3.8, 4) is 0 Å². The minimum atomic E-state index is -0.0904. The number of anilines is 1. The molecule has 0 unspecified atom stereocenters. The Hall–Kier alpha value is -1.69. The summed E-state index contributed by atoms with van der Waals surface area (Å²) in [6, 6.07) is 2.08. The van der Waals surface area contributed by atoms with Crippen LogP contribution in [-0.2, 0) is 0 Å². The van der Waals surface area contributed by atoms with Gasteiger partial charge in [-0.05, 0) is 24.8 Å². The van der Waals surface area contributed by atoms with Gasteiger partial charge in [0.2, 0.25) is 0 Å². The molecular formula is C12H14N4OS.